The van der Waals surface area contributed by atoms with E-state index in [9.17, 15) is 5.11 Å². The molecule has 0 amide bonds. The number of phenolic OH excluding ortho intramolecular Hbond substituents is 1. The molecule has 0 saturated heterocycles. The predicted molar refractivity (Wildman–Crippen MR) is 97.7 cm³/mol. The first-order chi connectivity index (χ1) is 11.5. The zero-order chi connectivity index (χ0) is 17.2. The minimum absolute atomic E-state index is 0.0635. The lowest BCUT2D eigenvalue weighted by molar-refractivity contribution is 0.445. The summed E-state index contributed by atoms with van der Waals surface area (Å²) in [5.74, 6) is 0.221. The van der Waals surface area contributed by atoms with Crippen LogP contribution in [0.1, 0.15) is 52.0 Å². The van der Waals surface area contributed by atoms with E-state index in [0.29, 0.717) is 5.69 Å². The molecule has 0 aliphatic heterocycles. The molecule has 1 heterocycles. The maximum absolute atomic E-state index is 10.4. The summed E-state index contributed by atoms with van der Waals surface area (Å²) in [7, 11) is 0. The van der Waals surface area contributed by atoms with Crippen LogP contribution in [0.4, 0.5) is 0 Å². The average molecular weight is 323 g/mol. The molecule has 4 nitrogen and oxygen atoms in total. The van der Waals surface area contributed by atoms with Crippen LogP contribution in [0.5, 0.6) is 5.75 Å². The Labute approximate surface area is 143 Å². The number of unbranched alkanes of at least 4 members (excludes halogenated alkanes) is 2. The lowest BCUT2D eigenvalue weighted by Crippen LogP contribution is -2.17. The lowest BCUT2D eigenvalue weighted by Gasteiger charge is -2.26. The highest BCUT2D eigenvalue weighted by atomic mass is 16.3. The first kappa shape index (κ1) is 16.5. The van der Waals surface area contributed by atoms with Gasteiger partial charge < -0.3 is 5.11 Å². The Balaban J connectivity index is 2.00. The summed E-state index contributed by atoms with van der Waals surface area (Å²) in [6.07, 6.45) is 4.82. The minimum atomic E-state index is 0.0635. The fraction of sp³-hybridized carbons (Fsp3) is 0.400. The summed E-state index contributed by atoms with van der Waals surface area (Å²) in [4.78, 5) is 0. The van der Waals surface area contributed by atoms with Gasteiger partial charge in [-0.25, -0.2) is 4.68 Å². The highest BCUT2D eigenvalue weighted by molar-refractivity contribution is 5.76. The largest absolute Gasteiger partial charge is 0.506 e. The van der Waals surface area contributed by atoms with Gasteiger partial charge in [0.05, 0.1) is 5.52 Å². The molecule has 0 aliphatic carbocycles. The Bertz CT molecular complexity index is 836. The summed E-state index contributed by atoms with van der Waals surface area (Å²) in [5.41, 5.74) is 3.68. The van der Waals surface area contributed by atoms with E-state index in [0.717, 1.165) is 17.5 Å². The van der Waals surface area contributed by atoms with Gasteiger partial charge in [0.1, 0.15) is 17.0 Å². The van der Waals surface area contributed by atoms with Gasteiger partial charge in [-0.2, -0.15) is 0 Å². The maximum Gasteiger partial charge on any atom is 0.141 e. The molecular weight excluding hydrogens is 298 g/mol. The molecular formula is C20H25N3O. The van der Waals surface area contributed by atoms with Crippen molar-refractivity contribution in [2.75, 3.05) is 0 Å². The number of benzene rings is 2. The second-order valence-electron chi connectivity index (χ2n) is 7.03. The number of aromatic nitrogens is 3. The van der Waals surface area contributed by atoms with E-state index >= 15 is 0 Å². The SMILES string of the molecule is CCCCCC(C)(C)c1ccc(O)c(-n2nnc3ccccc32)c1. The van der Waals surface area contributed by atoms with Gasteiger partial charge in [-0.3, -0.25) is 0 Å². The van der Waals surface area contributed by atoms with Gasteiger partial charge in [0.15, 0.2) is 0 Å². The minimum Gasteiger partial charge on any atom is -0.506 e. The molecule has 0 unspecified atom stereocenters. The number of hydrogen-bond acceptors (Lipinski definition) is 3. The smallest absolute Gasteiger partial charge is 0.141 e. The Morgan fingerprint density at radius 3 is 2.67 bits per heavy atom. The number of phenols is 1. The summed E-state index contributed by atoms with van der Waals surface area (Å²) >= 11 is 0. The van der Waals surface area contributed by atoms with Crippen molar-refractivity contribution in [3.63, 3.8) is 0 Å². The Hall–Kier alpha value is -2.36. The fourth-order valence-electron chi connectivity index (χ4n) is 3.12. The molecule has 126 valence electrons. The van der Waals surface area contributed by atoms with Crippen LogP contribution in [-0.2, 0) is 5.41 Å². The molecule has 0 bridgehead atoms. The summed E-state index contributed by atoms with van der Waals surface area (Å²) < 4.78 is 1.72. The monoisotopic (exact) mass is 323 g/mol. The summed E-state index contributed by atoms with van der Waals surface area (Å²) in [6.45, 7) is 6.75. The van der Waals surface area contributed by atoms with Crippen molar-refractivity contribution in [1.29, 1.82) is 0 Å². The third kappa shape index (κ3) is 3.14. The van der Waals surface area contributed by atoms with E-state index in [1.54, 1.807) is 10.7 Å². The molecule has 2 aromatic carbocycles. The number of fused-ring (bicyclic) bond motifs is 1. The highest BCUT2D eigenvalue weighted by Crippen LogP contribution is 2.34. The van der Waals surface area contributed by atoms with Crippen LogP contribution < -0.4 is 0 Å². The van der Waals surface area contributed by atoms with Gasteiger partial charge in [-0.15, -0.1) is 5.10 Å². The zero-order valence-corrected chi connectivity index (χ0v) is 14.7. The van der Waals surface area contributed by atoms with Gasteiger partial charge in [-0.1, -0.05) is 63.4 Å². The molecule has 4 heteroatoms. The van der Waals surface area contributed by atoms with E-state index in [-0.39, 0.29) is 11.2 Å². The van der Waals surface area contributed by atoms with E-state index in [1.807, 2.05) is 36.4 Å². The Morgan fingerprint density at radius 2 is 1.88 bits per heavy atom. The van der Waals surface area contributed by atoms with Crippen LogP contribution >= 0.6 is 0 Å². The molecule has 0 spiro atoms. The van der Waals surface area contributed by atoms with Crippen LogP contribution in [0.25, 0.3) is 16.7 Å². The molecule has 0 aliphatic rings. The third-order valence-corrected chi connectivity index (χ3v) is 4.74. The molecule has 0 fully saturated rings. The standard InChI is InChI=1S/C20H25N3O/c1-4-5-8-13-20(2,3)15-11-12-19(24)18(14-15)23-17-10-7-6-9-16(17)21-22-23/h6-7,9-12,14,24H,4-5,8,13H2,1-3H3. The van der Waals surface area contributed by atoms with Crippen molar-refractivity contribution in [3.8, 4) is 11.4 Å². The van der Waals surface area contributed by atoms with Gasteiger partial charge >= 0.3 is 0 Å². The van der Waals surface area contributed by atoms with Crippen LogP contribution in [0.3, 0.4) is 0 Å². The van der Waals surface area contributed by atoms with Crippen molar-refractivity contribution in [1.82, 2.24) is 15.0 Å². The van der Waals surface area contributed by atoms with Gasteiger partial charge in [0.2, 0.25) is 0 Å². The van der Waals surface area contributed by atoms with Gasteiger partial charge in [-0.05, 0) is 41.7 Å². The molecule has 1 aromatic heterocycles. The molecule has 0 saturated carbocycles. The number of hydrogen-bond donors (Lipinski definition) is 1. The predicted octanol–water partition coefficient (Wildman–Crippen LogP) is 4.98. The van der Waals surface area contributed by atoms with Crippen LogP contribution in [0.15, 0.2) is 42.5 Å². The quantitative estimate of drug-likeness (QED) is 0.651. The number of nitrogens with zero attached hydrogens (tertiary/aromatic N) is 3. The maximum atomic E-state index is 10.4. The fourth-order valence-corrected chi connectivity index (χ4v) is 3.12. The second kappa shape index (κ2) is 6.63. The Kier molecular flexibility index (Phi) is 4.56. The van der Waals surface area contributed by atoms with Crippen molar-refractivity contribution < 1.29 is 5.11 Å². The number of para-hydroxylation sites is 1. The van der Waals surface area contributed by atoms with Gasteiger partial charge in [0, 0.05) is 0 Å². The first-order valence-electron chi connectivity index (χ1n) is 8.67. The van der Waals surface area contributed by atoms with Crippen molar-refractivity contribution >= 4 is 11.0 Å². The molecule has 3 rings (SSSR count). The van der Waals surface area contributed by atoms with E-state index < -0.39 is 0 Å². The Morgan fingerprint density at radius 1 is 1.08 bits per heavy atom. The second-order valence-corrected chi connectivity index (χ2v) is 7.03. The molecule has 3 aromatic rings. The summed E-state index contributed by atoms with van der Waals surface area (Å²) in [5, 5.41) is 18.8. The van der Waals surface area contributed by atoms with Crippen LogP contribution in [-0.4, -0.2) is 20.1 Å². The highest BCUT2D eigenvalue weighted by Gasteiger charge is 2.22. The number of aromatic hydroxyl groups is 1. The van der Waals surface area contributed by atoms with Crippen molar-refractivity contribution in [2.24, 2.45) is 0 Å². The van der Waals surface area contributed by atoms with E-state index in [1.165, 1.54) is 24.8 Å². The molecule has 0 radical (unpaired) electrons. The summed E-state index contributed by atoms with van der Waals surface area (Å²) in [6, 6.07) is 13.6. The average Bonchev–Trinajstić information content (AvgIpc) is 2.99. The van der Waals surface area contributed by atoms with Crippen molar-refractivity contribution in [2.45, 2.75) is 51.9 Å². The first-order valence-corrected chi connectivity index (χ1v) is 8.67. The molecule has 24 heavy (non-hydrogen) atoms. The third-order valence-electron chi connectivity index (χ3n) is 4.74. The van der Waals surface area contributed by atoms with Crippen LogP contribution in [0.2, 0.25) is 0 Å². The van der Waals surface area contributed by atoms with E-state index in [4.69, 9.17) is 0 Å². The zero-order valence-electron chi connectivity index (χ0n) is 14.7. The normalized spacial score (nSPS) is 12.0. The molecule has 1 N–H and O–H groups in total. The van der Waals surface area contributed by atoms with Gasteiger partial charge in [0.25, 0.3) is 0 Å². The lowest BCUT2D eigenvalue weighted by atomic mass is 9.80. The van der Waals surface area contributed by atoms with E-state index in [2.05, 4.69) is 31.1 Å². The van der Waals surface area contributed by atoms with Crippen molar-refractivity contribution in [3.05, 3.63) is 48.0 Å². The molecule has 0 atom stereocenters. The topological polar surface area (TPSA) is 50.9 Å². The number of rotatable bonds is 6. The van der Waals surface area contributed by atoms with Crippen LogP contribution in [0, 0.1) is 0 Å².